The summed E-state index contributed by atoms with van der Waals surface area (Å²) in [5.41, 5.74) is 4.64. The van der Waals surface area contributed by atoms with E-state index in [0.29, 0.717) is 23.2 Å². The number of pyridine rings is 1. The summed E-state index contributed by atoms with van der Waals surface area (Å²) in [5.74, 6) is 0.898. The van der Waals surface area contributed by atoms with E-state index in [0.717, 1.165) is 35.1 Å². The van der Waals surface area contributed by atoms with Gasteiger partial charge in [0.15, 0.2) is 0 Å². The number of hydrogen-bond acceptors (Lipinski definition) is 8. The number of hydrogen-bond donors (Lipinski definition) is 2. The lowest BCUT2D eigenvalue weighted by atomic mass is 9.97. The van der Waals surface area contributed by atoms with Crippen molar-refractivity contribution in [2.24, 2.45) is 0 Å². The van der Waals surface area contributed by atoms with Crippen LogP contribution in [0, 0.1) is 0 Å². The SMILES string of the molecule is COC(=O)CC1NCCc2c1[nH]c1ccc(-c3noc(-c4cc(Cl)nc(OC)c4)n3)cc21. The predicted molar refractivity (Wildman–Crippen MR) is 117 cm³/mol. The topological polar surface area (TPSA) is 115 Å². The minimum absolute atomic E-state index is 0.106. The lowest BCUT2D eigenvalue weighted by molar-refractivity contribution is -0.141. The number of nitrogens with zero attached hydrogens (tertiary/aromatic N) is 3. The van der Waals surface area contributed by atoms with E-state index < -0.39 is 0 Å². The lowest BCUT2D eigenvalue weighted by Gasteiger charge is -2.23. The molecule has 0 spiro atoms. The maximum atomic E-state index is 11.8. The summed E-state index contributed by atoms with van der Waals surface area (Å²) in [4.78, 5) is 23.8. The molecule has 3 aromatic heterocycles. The molecule has 2 N–H and O–H groups in total. The van der Waals surface area contributed by atoms with Gasteiger partial charge in [0.05, 0.1) is 26.7 Å². The number of carbonyl (C=O) groups is 1. The van der Waals surface area contributed by atoms with Crippen LogP contribution in [0.5, 0.6) is 5.88 Å². The van der Waals surface area contributed by atoms with Crippen molar-refractivity contribution in [3.8, 4) is 28.7 Å². The molecule has 1 aliphatic heterocycles. The second kappa shape index (κ2) is 8.25. The van der Waals surface area contributed by atoms with Gasteiger partial charge in [-0.2, -0.15) is 4.98 Å². The quantitative estimate of drug-likeness (QED) is 0.347. The minimum atomic E-state index is -0.248. The van der Waals surface area contributed by atoms with Crippen LogP contribution in [-0.2, 0) is 16.0 Å². The molecule has 164 valence electrons. The van der Waals surface area contributed by atoms with Crippen molar-refractivity contribution in [1.82, 2.24) is 25.4 Å². The Bertz CT molecular complexity index is 1320. The van der Waals surface area contributed by atoms with Crippen LogP contribution < -0.4 is 10.1 Å². The highest BCUT2D eigenvalue weighted by Gasteiger charge is 2.26. The molecule has 1 unspecified atom stereocenters. The number of fused-ring (bicyclic) bond motifs is 3. The van der Waals surface area contributed by atoms with Crippen molar-refractivity contribution in [3.05, 3.63) is 46.7 Å². The molecule has 1 atom stereocenters. The zero-order valence-corrected chi connectivity index (χ0v) is 18.2. The van der Waals surface area contributed by atoms with Gasteiger partial charge in [0.25, 0.3) is 5.89 Å². The van der Waals surface area contributed by atoms with E-state index in [1.54, 1.807) is 12.1 Å². The Morgan fingerprint density at radius 3 is 2.91 bits per heavy atom. The normalized spacial score (nSPS) is 15.5. The zero-order chi connectivity index (χ0) is 22.2. The molecule has 0 amide bonds. The number of benzene rings is 1. The fourth-order valence-electron chi connectivity index (χ4n) is 4.03. The number of aromatic nitrogens is 4. The number of rotatable bonds is 5. The number of nitrogens with one attached hydrogen (secondary N) is 2. The third-order valence-electron chi connectivity index (χ3n) is 5.56. The molecule has 5 rings (SSSR count). The van der Waals surface area contributed by atoms with Gasteiger partial charge in [-0.15, -0.1) is 0 Å². The van der Waals surface area contributed by atoms with Crippen molar-refractivity contribution in [2.75, 3.05) is 20.8 Å². The second-order valence-electron chi connectivity index (χ2n) is 7.46. The number of methoxy groups -OCH3 is 2. The van der Waals surface area contributed by atoms with E-state index in [-0.39, 0.29) is 23.6 Å². The Labute approximate surface area is 188 Å². The number of carbonyl (C=O) groups excluding carboxylic acids is 1. The third-order valence-corrected chi connectivity index (χ3v) is 5.76. The van der Waals surface area contributed by atoms with E-state index in [9.17, 15) is 4.79 Å². The molecule has 1 aliphatic rings. The molecular formula is C22H20ClN5O4. The Morgan fingerprint density at radius 1 is 1.22 bits per heavy atom. The summed E-state index contributed by atoms with van der Waals surface area (Å²) < 4.78 is 15.5. The summed E-state index contributed by atoms with van der Waals surface area (Å²) in [6.45, 7) is 0.781. The van der Waals surface area contributed by atoms with Gasteiger partial charge in [0.2, 0.25) is 11.7 Å². The number of esters is 1. The highest BCUT2D eigenvalue weighted by molar-refractivity contribution is 6.29. The summed E-state index contributed by atoms with van der Waals surface area (Å²) in [6.07, 6.45) is 1.12. The van der Waals surface area contributed by atoms with E-state index in [1.807, 2.05) is 18.2 Å². The number of aromatic amines is 1. The van der Waals surface area contributed by atoms with Gasteiger partial charge in [0, 0.05) is 33.8 Å². The summed E-state index contributed by atoms with van der Waals surface area (Å²) in [5, 5.41) is 8.88. The summed E-state index contributed by atoms with van der Waals surface area (Å²) in [7, 11) is 2.92. The molecule has 0 fully saturated rings. The molecule has 0 saturated heterocycles. The second-order valence-corrected chi connectivity index (χ2v) is 7.85. The lowest BCUT2D eigenvalue weighted by Crippen LogP contribution is -2.31. The van der Waals surface area contributed by atoms with Crippen LogP contribution in [0.1, 0.15) is 23.7 Å². The summed E-state index contributed by atoms with van der Waals surface area (Å²) in [6, 6.07) is 9.18. The molecule has 32 heavy (non-hydrogen) atoms. The van der Waals surface area contributed by atoms with Gasteiger partial charge in [-0.25, -0.2) is 4.98 Å². The molecule has 0 radical (unpaired) electrons. The van der Waals surface area contributed by atoms with Crippen LogP contribution in [0.3, 0.4) is 0 Å². The standard InChI is InChI=1S/C22H20ClN5O4/c1-30-18-9-12(8-17(23)26-18)22-27-21(28-32-22)11-3-4-15-14(7-11)13-5-6-24-16(20(13)25-15)10-19(29)31-2/h3-4,7-9,16,24-25H,5-6,10H2,1-2H3. The molecule has 0 bridgehead atoms. The monoisotopic (exact) mass is 453 g/mol. The fraction of sp³-hybridized carbons (Fsp3) is 0.273. The van der Waals surface area contributed by atoms with Gasteiger partial charge in [-0.1, -0.05) is 16.8 Å². The fourth-order valence-corrected chi connectivity index (χ4v) is 4.23. The molecule has 4 heterocycles. The first-order chi connectivity index (χ1) is 15.6. The Balaban J connectivity index is 1.50. The molecule has 10 heteroatoms. The molecule has 1 aromatic carbocycles. The van der Waals surface area contributed by atoms with Gasteiger partial charge in [0.1, 0.15) is 5.15 Å². The zero-order valence-electron chi connectivity index (χ0n) is 17.4. The molecule has 4 aromatic rings. The predicted octanol–water partition coefficient (Wildman–Crippen LogP) is 3.69. The van der Waals surface area contributed by atoms with Crippen molar-refractivity contribution in [1.29, 1.82) is 0 Å². The average Bonchev–Trinajstić information content (AvgIpc) is 3.44. The molecule has 0 aliphatic carbocycles. The van der Waals surface area contributed by atoms with E-state index in [2.05, 4.69) is 25.4 Å². The minimum Gasteiger partial charge on any atom is -0.481 e. The molecule has 0 saturated carbocycles. The highest BCUT2D eigenvalue weighted by atomic mass is 35.5. The largest absolute Gasteiger partial charge is 0.481 e. The smallest absolute Gasteiger partial charge is 0.307 e. The number of halogens is 1. The Hall–Kier alpha value is -3.43. The van der Waals surface area contributed by atoms with Gasteiger partial charge in [-0.3, -0.25) is 4.79 Å². The van der Waals surface area contributed by atoms with E-state index in [1.165, 1.54) is 19.8 Å². The van der Waals surface area contributed by atoms with Crippen LogP contribution in [0.4, 0.5) is 0 Å². The number of ether oxygens (including phenoxy) is 2. The van der Waals surface area contributed by atoms with Crippen LogP contribution in [0.2, 0.25) is 5.15 Å². The first-order valence-corrected chi connectivity index (χ1v) is 10.4. The maximum absolute atomic E-state index is 11.8. The van der Waals surface area contributed by atoms with Crippen molar-refractivity contribution in [2.45, 2.75) is 18.9 Å². The highest BCUT2D eigenvalue weighted by Crippen LogP contribution is 2.34. The van der Waals surface area contributed by atoms with E-state index in [4.69, 9.17) is 25.6 Å². The Morgan fingerprint density at radius 2 is 2.09 bits per heavy atom. The number of H-pyrrole nitrogens is 1. The van der Waals surface area contributed by atoms with Crippen molar-refractivity contribution in [3.63, 3.8) is 0 Å². The van der Waals surface area contributed by atoms with Gasteiger partial charge < -0.3 is 24.3 Å². The van der Waals surface area contributed by atoms with Crippen LogP contribution in [0.15, 0.2) is 34.9 Å². The average molecular weight is 454 g/mol. The van der Waals surface area contributed by atoms with Crippen LogP contribution in [0.25, 0.3) is 33.7 Å². The van der Waals surface area contributed by atoms with Crippen LogP contribution >= 0.6 is 11.6 Å². The molecular weight excluding hydrogens is 434 g/mol. The van der Waals surface area contributed by atoms with Gasteiger partial charge >= 0.3 is 5.97 Å². The Kier molecular flexibility index (Phi) is 5.28. The van der Waals surface area contributed by atoms with Gasteiger partial charge in [-0.05, 0) is 42.8 Å². The van der Waals surface area contributed by atoms with Crippen molar-refractivity contribution < 1.29 is 18.8 Å². The molecule has 9 nitrogen and oxygen atoms in total. The maximum Gasteiger partial charge on any atom is 0.307 e. The first kappa shape index (κ1) is 20.5. The summed E-state index contributed by atoms with van der Waals surface area (Å²) >= 11 is 6.06. The van der Waals surface area contributed by atoms with Crippen LogP contribution in [-0.4, -0.2) is 46.8 Å². The van der Waals surface area contributed by atoms with E-state index >= 15 is 0 Å². The first-order valence-electron chi connectivity index (χ1n) is 10.1. The third kappa shape index (κ3) is 3.69. The van der Waals surface area contributed by atoms with Crippen molar-refractivity contribution >= 4 is 28.5 Å².